The highest BCUT2D eigenvalue weighted by molar-refractivity contribution is 7.07. The van der Waals surface area contributed by atoms with Gasteiger partial charge in [-0.3, -0.25) is 19.0 Å². The van der Waals surface area contributed by atoms with Gasteiger partial charge in [0, 0.05) is 23.6 Å². The van der Waals surface area contributed by atoms with Crippen LogP contribution in [0.4, 0.5) is 5.69 Å². The molecule has 3 N–H and O–H groups in total. The third kappa shape index (κ3) is 8.17. The molecular formula is C24H32Cl2N4O4S. The Morgan fingerprint density at radius 1 is 1.31 bits per heavy atom. The van der Waals surface area contributed by atoms with Crippen molar-refractivity contribution >= 4 is 58.8 Å². The molecule has 0 unspecified atom stereocenters. The van der Waals surface area contributed by atoms with Gasteiger partial charge in [0.05, 0.1) is 10.7 Å². The summed E-state index contributed by atoms with van der Waals surface area (Å²) in [4.78, 5) is 41.7. The number of carbonyl (C=O) groups excluding carboxylic acids is 3. The van der Waals surface area contributed by atoms with Crippen LogP contribution in [0, 0.1) is 11.8 Å². The summed E-state index contributed by atoms with van der Waals surface area (Å²) in [6.07, 6.45) is 7.45. The van der Waals surface area contributed by atoms with Crippen LogP contribution in [0.25, 0.3) is 0 Å². The number of ether oxygens (including phenoxy) is 1. The summed E-state index contributed by atoms with van der Waals surface area (Å²) in [6, 6.07) is 3.97. The van der Waals surface area contributed by atoms with E-state index in [9.17, 15) is 14.4 Å². The molecule has 11 heteroatoms. The van der Waals surface area contributed by atoms with Gasteiger partial charge in [-0.25, -0.2) is 0 Å². The first-order valence-corrected chi connectivity index (χ1v) is 12.8. The number of nitrogens with one attached hydrogen (secondary N) is 1. The Morgan fingerprint density at radius 3 is 2.69 bits per heavy atom. The highest BCUT2D eigenvalue weighted by Crippen LogP contribution is 2.29. The Kier molecular flexibility index (Phi) is 11.4. The van der Waals surface area contributed by atoms with Gasteiger partial charge in [0.15, 0.2) is 11.5 Å². The molecule has 2 amide bonds. The number of nitrogens with zero attached hydrogens (tertiary/aromatic N) is 2. The van der Waals surface area contributed by atoms with E-state index in [2.05, 4.69) is 10.3 Å². The Balaban J connectivity index is 0.00000432. The van der Waals surface area contributed by atoms with Crippen LogP contribution in [-0.2, 0) is 21.1 Å². The molecule has 1 aliphatic carbocycles. The Labute approximate surface area is 220 Å². The fraction of sp³-hybridized carbons (Fsp3) is 0.500. The SMILES string of the molecule is CC[C@H](C)[C@H](N)C(=O)OCn1ccsc1=NC(=O)c1ccc(NC(=O)CC2CCCC2)c(Cl)c1.Cl. The van der Waals surface area contributed by atoms with E-state index in [-0.39, 0.29) is 41.5 Å². The van der Waals surface area contributed by atoms with Crippen molar-refractivity contribution in [2.24, 2.45) is 22.6 Å². The number of esters is 1. The largest absolute Gasteiger partial charge is 0.443 e. The standard InChI is InChI=1S/C24H31ClN4O4S.ClH/c1-3-15(2)21(26)23(32)33-14-29-10-11-34-24(29)28-22(31)17-8-9-19(18(25)13-17)27-20(30)12-16-6-4-5-7-16;/h8-11,13,15-16,21H,3-7,12,14,26H2,1-2H3,(H,27,30);1H/t15-,21-;/m0./s1. The van der Waals surface area contributed by atoms with Crippen molar-refractivity contribution in [3.63, 3.8) is 0 Å². The molecule has 0 bridgehead atoms. The molecule has 0 aliphatic heterocycles. The highest BCUT2D eigenvalue weighted by atomic mass is 35.5. The maximum atomic E-state index is 12.7. The molecule has 1 saturated carbocycles. The molecule has 1 heterocycles. The van der Waals surface area contributed by atoms with Crippen molar-refractivity contribution in [3.8, 4) is 0 Å². The van der Waals surface area contributed by atoms with Gasteiger partial charge in [-0.05, 0) is 42.9 Å². The van der Waals surface area contributed by atoms with Crippen LogP contribution in [0.15, 0.2) is 34.8 Å². The van der Waals surface area contributed by atoms with E-state index in [1.54, 1.807) is 28.3 Å². The van der Waals surface area contributed by atoms with Crippen molar-refractivity contribution in [1.82, 2.24) is 4.57 Å². The molecule has 2 atom stereocenters. The first kappa shape index (κ1) is 29.0. The number of carbonyl (C=O) groups is 3. The zero-order valence-electron chi connectivity index (χ0n) is 19.9. The highest BCUT2D eigenvalue weighted by Gasteiger charge is 2.21. The van der Waals surface area contributed by atoms with Gasteiger partial charge < -0.3 is 15.8 Å². The first-order chi connectivity index (χ1) is 16.3. The Hall–Kier alpha value is -2.20. The van der Waals surface area contributed by atoms with Crippen molar-refractivity contribution < 1.29 is 19.1 Å². The molecule has 1 aromatic carbocycles. The fourth-order valence-electron chi connectivity index (χ4n) is 3.78. The monoisotopic (exact) mass is 542 g/mol. The van der Waals surface area contributed by atoms with Crippen LogP contribution in [0.1, 0.15) is 62.7 Å². The lowest BCUT2D eigenvalue weighted by Crippen LogP contribution is -2.38. The molecular weight excluding hydrogens is 511 g/mol. The lowest BCUT2D eigenvalue weighted by molar-refractivity contribution is -0.150. The minimum Gasteiger partial charge on any atom is -0.443 e. The van der Waals surface area contributed by atoms with Gasteiger partial charge in [0.2, 0.25) is 5.91 Å². The molecule has 1 aliphatic rings. The van der Waals surface area contributed by atoms with Crippen LogP contribution >= 0.6 is 35.3 Å². The van der Waals surface area contributed by atoms with E-state index in [0.717, 1.165) is 19.3 Å². The predicted octanol–water partition coefficient (Wildman–Crippen LogP) is 4.76. The number of halogens is 2. The van der Waals surface area contributed by atoms with E-state index >= 15 is 0 Å². The normalized spacial score (nSPS) is 15.8. The van der Waals surface area contributed by atoms with E-state index in [1.807, 2.05) is 13.8 Å². The number of rotatable bonds is 9. The van der Waals surface area contributed by atoms with Crippen LogP contribution in [0.5, 0.6) is 0 Å². The van der Waals surface area contributed by atoms with Crippen LogP contribution in [-0.4, -0.2) is 28.4 Å². The van der Waals surface area contributed by atoms with Gasteiger partial charge in [0.25, 0.3) is 5.91 Å². The molecule has 8 nitrogen and oxygen atoms in total. The molecule has 2 aromatic rings. The number of benzene rings is 1. The summed E-state index contributed by atoms with van der Waals surface area (Å²) in [5.41, 5.74) is 6.66. The second kappa shape index (κ2) is 13.8. The molecule has 0 radical (unpaired) electrons. The second-order valence-corrected chi connectivity index (χ2v) is 9.95. The van der Waals surface area contributed by atoms with Crippen LogP contribution in [0.2, 0.25) is 5.02 Å². The first-order valence-electron chi connectivity index (χ1n) is 11.5. The summed E-state index contributed by atoms with van der Waals surface area (Å²) in [5.74, 6) is -0.626. The lowest BCUT2D eigenvalue weighted by Gasteiger charge is -2.16. The summed E-state index contributed by atoms with van der Waals surface area (Å²) in [7, 11) is 0. The molecule has 3 rings (SSSR count). The quantitative estimate of drug-likeness (QED) is 0.443. The molecule has 0 saturated heterocycles. The molecule has 0 spiro atoms. The topological polar surface area (TPSA) is 116 Å². The maximum absolute atomic E-state index is 12.7. The van der Waals surface area contributed by atoms with E-state index < -0.39 is 17.9 Å². The lowest BCUT2D eigenvalue weighted by atomic mass is 10.0. The average molecular weight is 544 g/mol. The summed E-state index contributed by atoms with van der Waals surface area (Å²) >= 11 is 7.56. The minimum atomic E-state index is -0.703. The average Bonchev–Trinajstić information content (AvgIpc) is 3.49. The molecule has 192 valence electrons. The Bertz CT molecular complexity index is 1100. The predicted molar refractivity (Wildman–Crippen MR) is 140 cm³/mol. The second-order valence-electron chi connectivity index (χ2n) is 8.67. The van der Waals surface area contributed by atoms with Crippen molar-refractivity contribution in [2.75, 3.05) is 5.32 Å². The van der Waals surface area contributed by atoms with Gasteiger partial charge in [-0.15, -0.1) is 23.7 Å². The number of nitrogens with two attached hydrogens (primary N) is 1. The summed E-state index contributed by atoms with van der Waals surface area (Å²) < 4.78 is 6.85. The number of hydrogen-bond acceptors (Lipinski definition) is 6. The van der Waals surface area contributed by atoms with Crippen molar-refractivity contribution in [3.05, 3.63) is 45.2 Å². The van der Waals surface area contributed by atoms with Gasteiger partial charge >= 0.3 is 5.97 Å². The third-order valence-corrected chi connectivity index (χ3v) is 7.28. The zero-order valence-corrected chi connectivity index (χ0v) is 22.3. The van der Waals surface area contributed by atoms with Crippen molar-refractivity contribution in [2.45, 2.75) is 65.1 Å². The number of thiazole rings is 1. The van der Waals surface area contributed by atoms with Crippen LogP contribution < -0.4 is 15.9 Å². The number of anilines is 1. The van der Waals surface area contributed by atoms with Gasteiger partial charge in [-0.1, -0.05) is 44.7 Å². The number of aromatic nitrogens is 1. The van der Waals surface area contributed by atoms with E-state index in [4.69, 9.17) is 22.1 Å². The fourth-order valence-corrected chi connectivity index (χ4v) is 4.72. The molecule has 1 aromatic heterocycles. The number of hydrogen-bond donors (Lipinski definition) is 2. The van der Waals surface area contributed by atoms with E-state index in [1.165, 1.54) is 30.2 Å². The smallest absolute Gasteiger partial charge is 0.324 e. The number of amides is 2. The van der Waals surface area contributed by atoms with E-state index in [0.29, 0.717) is 22.8 Å². The molecule has 35 heavy (non-hydrogen) atoms. The van der Waals surface area contributed by atoms with Crippen molar-refractivity contribution in [1.29, 1.82) is 0 Å². The maximum Gasteiger partial charge on any atom is 0.324 e. The van der Waals surface area contributed by atoms with Gasteiger partial charge in [-0.2, -0.15) is 4.99 Å². The third-order valence-electron chi connectivity index (χ3n) is 6.17. The zero-order chi connectivity index (χ0) is 24.7. The Morgan fingerprint density at radius 2 is 2.03 bits per heavy atom. The molecule has 1 fully saturated rings. The van der Waals surface area contributed by atoms with Gasteiger partial charge in [0.1, 0.15) is 6.04 Å². The van der Waals surface area contributed by atoms with Crippen LogP contribution in [0.3, 0.4) is 0 Å². The summed E-state index contributed by atoms with van der Waals surface area (Å²) in [5, 5.41) is 4.84. The summed E-state index contributed by atoms with van der Waals surface area (Å²) in [6.45, 7) is 3.75. The minimum absolute atomic E-state index is 0.